The molecule has 162 valence electrons. The molecule has 0 aliphatic carbocycles. The van der Waals surface area contributed by atoms with E-state index < -0.39 is 10.0 Å². The second-order valence-corrected chi connectivity index (χ2v) is 9.31. The lowest BCUT2D eigenvalue weighted by molar-refractivity contribution is -0.148. The van der Waals surface area contributed by atoms with Gasteiger partial charge in [0.15, 0.2) is 6.29 Å². The maximum absolute atomic E-state index is 11.0. The highest BCUT2D eigenvalue weighted by Crippen LogP contribution is 2.30. The molecule has 0 amide bonds. The Kier molecular flexibility index (Phi) is 7.91. The molecule has 2 unspecified atom stereocenters. The largest absolute Gasteiger partial charge is 0.492 e. The van der Waals surface area contributed by atoms with Crippen molar-refractivity contribution in [3.8, 4) is 5.75 Å². The van der Waals surface area contributed by atoms with Gasteiger partial charge in [0.25, 0.3) is 0 Å². The molecule has 0 spiro atoms. The highest BCUT2D eigenvalue weighted by atomic mass is 35.5. The first kappa shape index (κ1) is 22.8. The summed E-state index contributed by atoms with van der Waals surface area (Å²) < 4.78 is 41.3. The summed E-state index contributed by atoms with van der Waals surface area (Å²) in [7, 11) is -1.56. The molecule has 30 heavy (non-hydrogen) atoms. The Morgan fingerprint density at radius 3 is 2.67 bits per heavy atom. The van der Waals surface area contributed by atoms with Gasteiger partial charge in [0.05, 0.1) is 6.26 Å². The Morgan fingerprint density at radius 2 is 1.97 bits per heavy atom. The summed E-state index contributed by atoms with van der Waals surface area (Å²) in [5.74, 6) is 0.681. The van der Waals surface area contributed by atoms with Crippen molar-refractivity contribution in [1.82, 2.24) is 4.72 Å². The van der Waals surface area contributed by atoms with E-state index in [4.69, 9.17) is 25.8 Å². The van der Waals surface area contributed by atoms with Crippen LogP contribution in [0.5, 0.6) is 5.75 Å². The van der Waals surface area contributed by atoms with Crippen molar-refractivity contribution in [3.63, 3.8) is 0 Å². The van der Waals surface area contributed by atoms with Crippen LogP contribution in [-0.2, 0) is 25.9 Å². The van der Waals surface area contributed by atoms with Gasteiger partial charge in [-0.3, -0.25) is 0 Å². The van der Waals surface area contributed by atoms with Gasteiger partial charge in [-0.25, -0.2) is 13.1 Å². The average Bonchev–Trinajstić information content (AvgIpc) is 2.73. The summed E-state index contributed by atoms with van der Waals surface area (Å²) >= 11 is 6.43. The second kappa shape index (κ2) is 10.4. The third-order valence-electron chi connectivity index (χ3n) is 4.65. The van der Waals surface area contributed by atoms with Crippen LogP contribution in [0.1, 0.15) is 29.2 Å². The molecule has 0 aromatic heterocycles. The van der Waals surface area contributed by atoms with Gasteiger partial charge in [0.2, 0.25) is 10.0 Å². The van der Waals surface area contributed by atoms with Crippen molar-refractivity contribution in [3.05, 3.63) is 76.3 Å². The molecule has 6 nitrogen and oxygen atoms in total. The number of benzene rings is 2. The van der Waals surface area contributed by atoms with E-state index in [0.29, 0.717) is 17.2 Å². The minimum atomic E-state index is -3.20. The van der Waals surface area contributed by atoms with E-state index in [9.17, 15) is 8.42 Å². The zero-order valence-electron chi connectivity index (χ0n) is 17.0. The molecule has 8 heteroatoms. The third kappa shape index (κ3) is 6.82. The molecular formula is C22H26ClNO5S. The highest BCUT2D eigenvalue weighted by molar-refractivity contribution is 7.88. The van der Waals surface area contributed by atoms with Crippen molar-refractivity contribution in [2.24, 2.45) is 0 Å². The van der Waals surface area contributed by atoms with E-state index in [1.54, 1.807) is 7.11 Å². The van der Waals surface area contributed by atoms with Crippen molar-refractivity contribution >= 4 is 21.6 Å². The minimum Gasteiger partial charge on any atom is -0.492 e. The number of nitrogens with one attached hydrogen (secondary N) is 1. The molecule has 1 heterocycles. The van der Waals surface area contributed by atoms with Gasteiger partial charge in [-0.2, -0.15) is 0 Å². The summed E-state index contributed by atoms with van der Waals surface area (Å²) in [5.41, 5.74) is 3.13. The van der Waals surface area contributed by atoms with Gasteiger partial charge in [0.1, 0.15) is 18.5 Å². The topological polar surface area (TPSA) is 73.9 Å². The molecule has 1 aliphatic heterocycles. The van der Waals surface area contributed by atoms with Crippen molar-refractivity contribution < 1.29 is 22.6 Å². The summed E-state index contributed by atoms with van der Waals surface area (Å²) in [6, 6.07) is 13.6. The Morgan fingerprint density at radius 1 is 1.20 bits per heavy atom. The Balaban J connectivity index is 1.62. The highest BCUT2D eigenvalue weighted by Gasteiger charge is 2.20. The molecule has 2 atom stereocenters. The number of halogens is 1. The lowest BCUT2D eigenvalue weighted by atomic mass is 9.99. The van der Waals surface area contributed by atoms with Crippen LogP contribution in [0.2, 0.25) is 5.02 Å². The third-order valence-corrected chi connectivity index (χ3v) is 5.75. The molecule has 0 radical (unpaired) electrons. The predicted molar refractivity (Wildman–Crippen MR) is 117 cm³/mol. The number of methoxy groups -OCH3 is 1. The number of hydrogen-bond donors (Lipinski definition) is 1. The molecule has 1 N–H and O–H groups in total. The Bertz CT molecular complexity index is 976. The van der Waals surface area contributed by atoms with Gasteiger partial charge >= 0.3 is 0 Å². The normalized spacial score (nSPS) is 19.0. The number of hydrogen-bond acceptors (Lipinski definition) is 5. The van der Waals surface area contributed by atoms with Crippen LogP contribution >= 0.6 is 11.6 Å². The molecule has 3 rings (SSSR count). The Labute approximate surface area is 182 Å². The van der Waals surface area contributed by atoms with Gasteiger partial charge < -0.3 is 14.2 Å². The molecule has 2 aromatic carbocycles. The molecule has 0 fully saturated rings. The van der Waals surface area contributed by atoms with Gasteiger partial charge in [-0.1, -0.05) is 48.0 Å². The maximum atomic E-state index is 11.0. The summed E-state index contributed by atoms with van der Waals surface area (Å²) in [6.07, 6.45) is 6.25. The minimum absolute atomic E-state index is 0.156. The zero-order chi connectivity index (χ0) is 21.6. The van der Waals surface area contributed by atoms with Crippen LogP contribution in [0.15, 0.2) is 54.6 Å². The standard InChI is InChI=1S/C22H26ClNO5S/c1-27-22-5-3-4-21(29-22)17-8-11-20(23)18(15-17)14-16-6-9-19(10-7-16)28-13-12-24-30(2,25)26/h3-4,6-11,15,21-22,24H,5,12-14H2,1-2H3. The monoisotopic (exact) mass is 451 g/mol. The van der Waals surface area contributed by atoms with E-state index in [2.05, 4.69) is 16.9 Å². The van der Waals surface area contributed by atoms with E-state index in [0.717, 1.165) is 29.4 Å². The first-order chi connectivity index (χ1) is 14.3. The van der Waals surface area contributed by atoms with E-state index >= 15 is 0 Å². The number of sulfonamides is 1. The molecule has 0 saturated carbocycles. The number of ether oxygens (including phenoxy) is 3. The van der Waals surface area contributed by atoms with Gasteiger partial charge in [0, 0.05) is 25.1 Å². The van der Waals surface area contributed by atoms with Crippen molar-refractivity contribution in [2.75, 3.05) is 26.5 Å². The average molecular weight is 452 g/mol. The van der Waals surface area contributed by atoms with Crippen LogP contribution in [0.4, 0.5) is 0 Å². The molecule has 2 aromatic rings. The lowest BCUT2D eigenvalue weighted by Crippen LogP contribution is -2.26. The van der Waals surface area contributed by atoms with Gasteiger partial charge in [-0.05, 0) is 41.3 Å². The van der Waals surface area contributed by atoms with Crippen LogP contribution in [0.3, 0.4) is 0 Å². The summed E-state index contributed by atoms with van der Waals surface area (Å²) in [4.78, 5) is 0. The SMILES string of the molecule is COC1CC=CC(c2ccc(Cl)c(Cc3ccc(OCCNS(C)(=O)=O)cc3)c2)O1. The van der Waals surface area contributed by atoms with E-state index in [-0.39, 0.29) is 25.5 Å². The van der Waals surface area contributed by atoms with Crippen LogP contribution < -0.4 is 9.46 Å². The number of rotatable bonds is 9. The van der Waals surface area contributed by atoms with Crippen molar-refractivity contribution in [1.29, 1.82) is 0 Å². The first-order valence-electron chi connectivity index (χ1n) is 9.63. The van der Waals surface area contributed by atoms with Gasteiger partial charge in [-0.15, -0.1) is 0 Å². The molecule has 0 saturated heterocycles. The zero-order valence-corrected chi connectivity index (χ0v) is 18.6. The molecular weight excluding hydrogens is 426 g/mol. The molecule has 1 aliphatic rings. The fourth-order valence-corrected chi connectivity index (χ4v) is 3.78. The smallest absolute Gasteiger partial charge is 0.208 e. The van der Waals surface area contributed by atoms with Crippen LogP contribution in [-0.4, -0.2) is 41.2 Å². The first-order valence-corrected chi connectivity index (χ1v) is 11.9. The Hall–Kier alpha value is -1.90. The van der Waals surface area contributed by atoms with Crippen LogP contribution in [0.25, 0.3) is 0 Å². The summed E-state index contributed by atoms with van der Waals surface area (Å²) in [6.45, 7) is 0.488. The lowest BCUT2D eigenvalue weighted by Gasteiger charge is -2.25. The maximum Gasteiger partial charge on any atom is 0.208 e. The predicted octanol–water partition coefficient (Wildman–Crippen LogP) is 3.85. The molecule has 0 bridgehead atoms. The summed E-state index contributed by atoms with van der Waals surface area (Å²) in [5, 5.41) is 0.703. The quantitative estimate of drug-likeness (QED) is 0.463. The van der Waals surface area contributed by atoms with E-state index in [1.165, 1.54) is 0 Å². The fourth-order valence-electron chi connectivity index (χ4n) is 3.15. The fraction of sp³-hybridized carbons (Fsp3) is 0.364. The van der Waals surface area contributed by atoms with E-state index in [1.807, 2.05) is 42.5 Å². The second-order valence-electron chi connectivity index (χ2n) is 7.07. The van der Waals surface area contributed by atoms with Crippen molar-refractivity contribution in [2.45, 2.75) is 25.2 Å². The van der Waals surface area contributed by atoms with Crippen LogP contribution in [0, 0.1) is 0 Å².